The standard InChI is InChI=1S/C25H25ClFNO5/c1-5-11-33-21-10-7-16(13-22(21)32-6-2)12-18-23(25(30)31-4)15(3)28(24(18)29)17-8-9-20(27)19(26)14-17/h7-10,12-14H,5-6,11H2,1-4H3/b18-12-. The molecule has 1 aliphatic rings. The minimum absolute atomic E-state index is 0.118. The van der Waals surface area contributed by atoms with Crippen molar-refractivity contribution in [2.75, 3.05) is 25.2 Å². The predicted molar refractivity (Wildman–Crippen MR) is 125 cm³/mol. The molecule has 3 rings (SSSR count). The molecule has 1 aliphatic heterocycles. The number of hydrogen-bond donors (Lipinski definition) is 0. The topological polar surface area (TPSA) is 65.1 Å². The lowest BCUT2D eigenvalue weighted by Crippen LogP contribution is -2.24. The van der Waals surface area contributed by atoms with Gasteiger partial charge in [-0.2, -0.15) is 0 Å². The van der Waals surface area contributed by atoms with E-state index in [2.05, 4.69) is 0 Å². The quantitative estimate of drug-likeness (QED) is 0.372. The number of amides is 1. The second kappa shape index (κ2) is 10.5. The number of hydrogen-bond acceptors (Lipinski definition) is 5. The van der Waals surface area contributed by atoms with E-state index in [1.165, 1.54) is 30.2 Å². The van der Waals surface area contributed by atoms with E-state index in [9.17, 15) is 14.0 Å². The van der Waals surface area contributed by atoms with Gasteiger partial charge < -0.3 is 14.2 Å². The summed E-state index contributed by atoms with van der Waals surface area (Å²) in [6, 6.07) is 9.21. The second-order valence-corrected chi connectivity index (χ2v) is 7.64. The van der Waals surface area contributed by atoms with Gasteiger partial charge in [0.2, 0.25) is 0 Å². The van der Waals surface area contributed by atoms with E-state index in [1.54, 1.807) is 31.2 Å². The molecule has 0 aromatic heterocycles. The van der Waals surface area contributed by atoms with Gasteiger partial charge in [-0.25, -0.2) is 9.18 Å². The van der Waals surface area contributed by atoms with Crippen molar-refractivity contribution >= 4 is 35.2 Å². The Morgan fingerprint density at radius 2 is 1.88 bits per heavy atom. The van der Waals surface area contributed by atoms with Crippen LogP contribution in [0, 0.1) is 5.82 Å². The highest BCUT2D eigenvalue weighted by molar-refractivity contribution is 6.31. The molecule has 174 valence electrons. The Hall–Kier alpha value is -3.32. The lowest BCUT2D eigenvalue weighted by molar-refractivity contribution is -0.136. The minimum Gasteiger partial charge on any atom is -0.490 e. The van der Waals surface area contributed by atoms with E-state index in [1.807, 2.05) is 13.8 Å². The molecule has 0 spiro atoms. The van der Waals surface area contributed by atoms with Gasteiger partial charge in [0.15, 0.2) is 11.5 Å². The molecule has 0 aliphatic carbocycles. The number of anilines is 1. The molecule has 2 aromatic rings. The lowest BCUT2D eigenvalue weighted by atomic mass is 10.0. The maximum absolute atomic E-state index is 13.7. The van der Waals surface area contributed by atoms with Crippen LogP contribution in [0.15, 0.2) is 53.2 Å². The molecule has 0 fully saturated rings. The Morgan fingerprint density at radius 1 is 1.12 bits per heavy atom. The Morgan fingerprint density at radius 3 is 2.52 bits per heavy atom. The molecule has 1 amide bonds. The fourth-order valence-electron chi connectivity index (χ4n) is 3.50. The molecule has 0 saturated heterocycles. The molecule has 1 heterocycles. The molecule has 33 heavy (non-hydrogen) atoms. The summed E-state index contributed by atoms with van der Waals surface area (Å²) in [5.41, 5.74) is 1.59. The summed E-state index contributed by atoms with van der Waals surface area (Å²) in [5.74, 6) is -0.587. The van der Waals surface area contributed by atoms with Crippen LogP contribution in [-0.4, -0.2) is 32.2 Å². The van der Waals surface area contributed by atoms with Crippen LogP contribution >= 0.6 is 11.6 Å². The number of nitrogens with zero attached hydrogens (tertiary/aromatic N) is 1. The van der Waals surface area contributed by atoms with Gasteiger partial charge in [0.05, 0.1) is 42.2 Å². The second-order valence-electron chi connectivity index (χ2n) is 7.24. The molecule has 0 N–H and O–H groups in total. The SMILES string of the molecule is CCCOc1ccc(/C=C2\C(=O)N(c3ccc(F)c(Cl)c3)C(C)=C2C(=O)OC)cc1OCC. The number of ether oxygens (including phenoxy) is 3. The fourth-order valence-corrected chi connectivity index (χ4v) is 3.67. The van der Waals surface area contributed by atoms with Crippen molar-refractivity contribution < 1.29 is 28.2 Å². The first-order chi connectivity index (χ1) is 15.8. The van der Waals surface area contributed by atoms with Crippen LogP contribution < -0.4 is 14.4 Å². The van der Waals surface area contributed by atoms with Crippen molar-refractivity contribution in [3.8, 4) is 11.5 Å². The van der Waals surface area contributed by atoms with Gasteiger partial charge in [-0.3, -0.25) is 9.69 Å². The van der Waals surface area contributed by atoms with E-state index >= 15 is 0 Å². The van der Waals surface area contributed by atoms with Crippen molar-refractivity contribution in [3.63, 3.8) is 0 Å². The summed E-state index contributed by atoms with van der Waals surface area (Å²) in [4.78, 5) is 27.3. The van der Waals surface area contributed by atoms with Crippen LogP contribution in [0.3, 0.4) is 0 Å². The molecule has 0 unspecified atom stereocenters. The summed E-state index contributed by atoms with van der Waals surface area (Å²) >= 11 is 5.92. The minimum atomic E-state index is -0.657. The summed E-state index contributed by atoms with van der Waals surface area (Å²) in [6.45, 7) is 6.47. The maximum Gasteiger partial charge on any atom is 0.340 e. The molecular formula is C25H25ClFNO5. The molecule has 8 heteroatoms. The first kappa shape index (κ1) is 24.3. The molecule has 0 saturated carbocycles. The highest BCUT2D eigenvalue weighted by Gasteiger charge is 2.38. The predicted octanol–water partition coefficient (Wildman–Crippen LogP) is 5.54. The fraction of sp³-hybridized carbons (Fsp3) is 0.280. The van der Waals surface area contributed by atoms with Gasteiger partial charge >= 0.3 is 5.97 Å². The third-order valence-electron chi connectivity index (χ3n) is 4.99. The highest BCUT2D eigenvalue weighted by atomic mass is 35.5. The number of esters is 1. The van der Waals surface area contributed by atoms with E-state index < -0.39 is 17.7 Å². The monoisotopic (exact) mass is 473 g/mol. The Bertz CT molecular complexity index is 1140. The number of methoxy groups -OCH3 is 1. The maximum atomic E-state index is 13.7. The third kappa shape index (κ3) is 5.03. The van der Waals surface area contributed by atoms with Crippen LogP contribution in [0.5, 0.6) is 11.5 Å². The van der Waals surface area contributed by atoms with Crippen LogP contribution in [0.4, 0.5) is 10.1 Å². The van der Waals surface area contributed by atoms with Crippen molar-refractivity contribution in [2.45, 2.75) is 27.2 Å². The Kier molecular flexibility index (Phi) is 7.76. The van der Waals surface area contributed by atoms with Gasteiger partial charge in [0, 0.05) is 5.70 Å². The molecular weight excluding hydrogens is 449 g/mol. The van der Waals surface area contributed by atoms with Crippen LogP contribution in [0.1, 0.15) is 32.8 Å². The average molecular weight is 474 g/mol. The molecule has 0 bridgehead atoms. The Labute approximate surface area is 197 Å². The van der Waals surface area contributed by atoms with Crippen molar-refractivity contribution in [3.05, 3.63) is 69.6 Å². The molecule has 0 atom stereocenters. The molecule has 6 nitrogen and oxygen atoms in total. The van der Waals surface area contributed by atoms with E-state index in [-0.39, 0.29) is 16.2 Å². The number of carbonyl (C=O) groups is 2. The number of carbonyl (C=O) groups excluding carboxylic acids is 2. The van der Waals surface area contributed by atoms with E-state index in [4.69, 9.17) is 25.8 Å². The van der Waals surface area contributed by atoms with Gasteiger partial charge in [-0.05, 0) is 62.2 Å². The van der Waals surface area contributed by atoms with Crippen LogP contribution in [0.2, 0.25) is 5.02 Å². The van der Waals surface area contributed by atoms with Crippen LogP contribution in [0.25, 0.3) is 6.08 Å². The van der Waals surface area contributed by atoms with Crippen molar-refractivity contribution in [2.24, 2.45) is 0 Å². The van der Waals surface area contributed by atoms with Gasteiger partial charge in [-0.15, -0.1) is 0 Å². The average Bonchev–Trinajstić information content (AvgIpc) is 3.04. The number of allylic oxidation sites excluding steroid dienone is 1. The number of halogens is 2. The number of rotatable bonds is 8. The zero-order valence-electron chi connectivity index (χ0n) is 18.9. The smallest absolute Gasteiger partial charge is 0.340 e. The summed E-state index contributed by atoms with van der Waals surface area (Å²) in [7, 11) is 1.25. The summed E-state index contributed by atoms with van der Waals surface area (Å²) in [5, 5.41) is -0.130. The lowest BCUT2D eigenvalue weighted by Gasteiger charge is -2.18. The van der Waals surface area contributed by atoms with Gasteiger partial charge in [0.25, 0.3) is 5.91 Å². The molecule has 0 radical (unpaired) electrons. The summed E-state index contributed by atoms with van der Waals surface area (Å²) in [6.07, 6.45) is 2.44. The zero-order chi connectivity index (χ0) is 24.1. The zero-order valence-corrected chi connectivity index (χ0v) is 19.7. The largest absolute Gasteiger partial charge is 0.490 e. The summed E-state index contributed by atoms with van der Waals surface area (Å²) < 4.78 is 30.0. The number of benzene rings is 2. The third-order valence-corrected chi connectivity index (χ3v) is 5.28. The van der Waals surface area contributed by atoms with Crippen LogP contribution in [-0.2, 0) is 14.3 Å². The van der Waals surface area contributed by atoms with Gasteiger partial charge in [0.1, 0.15) is 5.82 Å². The molecule has 2 aromatic carbocycles. The Balaban J connectivity index is 2.08. The first-order valence-electron chi connectivity index (χ1n) is 10.5. The van der Waals surface area contributed by atoms with Crippen molar-refractivity contribution in [1.29, 1.82) is 0 Å². The van der Waals surface area contributed by atoms with E-state index in [0.717, 1.165) is 6.42 Å². The first-order valence-corrected chi connectivity index (χ1v) is 10.9. The van der Waals surface area contributed by atoms with Crippen molar-refractivity contribution in [1.82, 2.24) is 0 Å². The van der Waals surface area contributed by atoms with E-state index in [0.29, 0.717) is 41.7 Å². The highest BCUT2D eigenvalue weighted by Crippen LogP contribution is 2.37. The normalized spacial score (nSPS) is 14.8. The van der Waals surface area contributed by atoms with Gasteiger partial charge in [-0.1, -0.05) is 24.6 Å².